The smallest absolute Gasteiger partial charge is 0.268 e. The molecule has 0 aliphatic carbocycles. The van der Waals surface area contributed by atoms with Crippen LogP contribution in [0.1, 0.15) is 18.9 Å². The molecule has 2 aromatic carbocycles. The van der Waals surface area contributed by atoms with Gasteiger partial charge < -0.3 is 19.5 Å². The summed E-state index contributed by atoms with van der Waals surface area (Å²) in [5, 5.41) is 2.59. The first-order valence-electron chi connectivity index (χ1n) is 9.73. The molecule has 3 rings (SSSR count). The van der Waals surface area contributed by atoms with Crippen molar-refractivity contribution in [3.8, 4) is 17.2 Å². The Hall–Kier alpha value is -3.53. The Bertz CT molecular complexity index is 1170. The van der Waals surface area contributed by atoms with E-state index in [-0.39, 0.29) is 16.9 Å². The van der Waals surface area contributed by atoms with Crippen LogP contribution < -0.4 is 19.5 Å². The van der Waals surface area contributed by atoms with Gasteiger partial charge in [-0.1, -0.05) is 6.92 Å². The van der Waals surface area contributed by atoms with Gasteiger partial charge in [0.15, 0.2) is 11.5 Å². The zero-order valence-electron chi connectivity index (χ0n) is 18.2. The van der Waals surface area contributed by atoms with Crippen molar-refractivity contribution >= 4 is 32.4 Å². The SMILES string of the molecule is CCC1=C(c2ccc(OC)cc2)S(=O)(=O)N(CC(=O)Nc2ccc(OC)c(OC)c2)C1=O. The Morgan fingerprint density at radius 3 is 2.19 bits per heavy atom. The van der Waals surface area contributed by atoms with Gasteiger partial charge >= 0.3 is 0 Å². The number of sulfonamides is 1. The minimum Gasteiger partial charge on any atom is -0.497 e. The number of benzene rings is 2. The van der Waals surface area contributed by atoms with Crippen LogP contribution in [0.3, 0.4) is 0 Å². The monoisotopic (exact) mass is 460 g/mol. The first-order chi connectivity index (χ1) is 15.3. The summed E-state index contributed by atoms with van der Waals surface area (Å²) < 4.78 is 42.5. The maximum atomic E-state index is 13.2. The first kappa shape index (κ1) is 23.1. The molecule has 0 fully saturated rings. The van der Waals surface area contributed by atoms with E-state index in [4.69, 9.17) is 14.2 Å². The molecule has 1 aliphatic rings. The number of ether oxygens (including phenoxy) is 3. The van der Waals surface area contributed by atoms with E-state index in [9.17, 15) is 18.0 Å². The van der Waals surface area contributed by atoms with Gasteiger partial charge in [0.2, 0.25) is 5.91 Å². The third-order valence-corrected chi connectivity index (χ3v) is 6.84. The highest BCUT2D eigenvalue weighted by Crippen LogP contribution is 2.37. The van der Waals surface area contributed by atoms with Crippen LogP contribution in [0, 0.1) is 0 Å². The number of hydrogen-bond donors (Lipinski definition) is 1. The molecule has 0 bridgehead atoms. The normalized spacial score (nSPS) is 15.0. The van der Waals surface area contributed by atoms with Crippen molar-refractivity contribution in [2.24, 2.45) is 0 Å². The van der Waals surface area contributed by atoms with E-state index in [1.54, 1.807) is 43.3 Å². The molecule has 0 spiro atoms. The highest BCUT2D eigenvalue weighted by atomic mass is 32.2. The molecule has 10 heteroatoms. The molecule has 32 heavy (non-hydrogen) atoms. The number of amides is 2. The molecule has 0 unspecified atom stereocenters. The van der Waals surface area contributed by atoms with Crippen molar-refractivity contribution < 1.29 is 32.2 Å². The Kier molecular flexibility index (Phi) is 6.73. The lowest BCUT2D eigenvalue weighted by Gasteiger charge is -2.17. The molecule has 2 amide bonds. The molecule has 0 aromatic heterocycles. The highest BCUT2D eigenvalue weighted by molar-refractivity contribution is 7.99. The molecule has 0 radical (unpaired) electrons. The van der Waals surface area contributed by atoms with Gasteiger partial charge in [-0.05, 0) is 48.4 Å². The quantitative estimate of drug-likeness (QED) is 0.645. The van der Waals surface area contributed by atoms with E-state index in [0.29, 0.717) is 32.8 Å². The van der Waals surface area contributed by atoms with E-state index < -0.39 is 28.4 Å². The lowest BCUT2D eigenvalue weighted by atomic mass is 10.1. The predicted octanol–water partition coefficient (Wildman–Crippen LogP) is 2.64. The largest absolute Gasteiger partial charge is 0.497 e. The van der Waals surface area contributed by atoms with Gasteiger partial charge in [-0.15, -0.1) is 0 Å². The summed E-state index contributed by atoms with van der Waals surface area (Å²) in [6, 6.07) is 11.1. The van der Waals surface area contributed by atoms with E-state index in [0.717, 1.165) is 0 Å². The summed E-state index contributed by atoms with van der Waals surface area (Å²) in [5.74, 6) is 0.0530. The van der Waals surface area contributed by atoms with Gasteiger partial charge in [0.05, 0.1) is 21.3 Å². The number of carbonyl (C=O) groups is 2. The molecule has 0 saturated carbocycles. The van der Waals surface area contributed by atoms with Crippen molar-refractivity contribution in [3.05, 3.63) is 53.6 Å². The minimum absolute atomic E-state index is 0.0911. The van der Waals surface area contributed by atoms with Crippen molar-refractivity contribution in [1.82, 2.24) is 4.31 Å². The third-order valence-electron chi connectivity index (χ3n) is 4.97. The molecule has 170 valence electrons. The van der Waals surface area contributed by atoms with Crippen molar-refractivity contribution in [1.29, 1.82) is 0 Å². The second kappa shape index (κ2) is 9.31. The number of nitrogens with zero attached hydrogens (tertiary/aromatic N) is 1. The standard InChI is InChI=1S/C22H24N2O7S/c1-5-17-21(14-6-9-16(29-2)10-7-14)32(27,28)24(22(17)26)13-20(25)23-15-8-11-18(30-3)19(12-15)31-4/h6-12H,5,13H2,1-4H3,(H,23,25). The summed E-state index contributed by atoms with van der Waals surface area (Å²) in [7, 11) is 0.236. The summed E-state index contributed by atoms with van der Waals surface area (Å²) in [6.45, 7) is 1.04. The topological polar surface area (TPSA) is 111 Å². The van der Waals surface area contributed by atoms with E-state index in [1.807, 2.05) is 0 Å². The minimum atomic E-state index is -4.20. The van der Waals surface area contributed by atoms with Crippen LogP contribution in [-0.2, 0) is 19.6 Å². The van der Waals surface area contributed by atoms with Crippen LogP contribution in [0.25, 0.3) is 4.91 Å². The van der Waals surface area contributed by atoms with Crippen LogP contribution >= 0.6 is 0 Å². The fourth-order valence-corrected chi connectivity index (χ4v) is 5.21. The van der Waals surface area contributed by atoms with Gasteiger partial charge in [-0.25, -0.2) is 12.7 Å². The fourth-order valence-electron chi connectivity index (χ4n) is 3.40. The van der Waals surface area contributed by atoms with Gasteiger partial charge in [0.1, 0.15) is 17.2 Å². The van der Waals surface area contributed by atoms with Crippen LogP contribution in [0.15, 0.2) is 48.0 Å². The average molecular weight is 461 g/mol. The van der Waals surface area contributed by atoms with Gasteiger partial charge in [0.25, 0.3) is 15.9 Å². The van der Waals surface area contributed by atoms with E-state index in [1.165, 1.54) is 27.4 Å². The molecule has 1 aliphatic heterocycles. The van der Waals surface area contributed by atoms with Gasteiger partial charge in [-0.2, -0.15) is 0 Å². The van der Waals surface area contributed by atoms with Crippen molar-refractivity contribution in [2.75, 3.05) is 33.2 Å². The number of hydrogen-bond acceptors (Lipinski definition) is 7. The van der Waals surface area contributed by atoms with E-state index >= 15 is 0 Å². The maximum absolute atomic E-state index is 13.2. The Labute approximate surface area is 186 Å². The van der Waals surface area contributed by atoms with Gasteiger partial charge in [-0.3, -0.25) is 9.59 Å². The molecule has 2 aromatic rings. The van der Waals surface area contributed by atoms with Crippen LogP contribution in [0.2, 0.25) is 0 Å². The molecule has 0 saturated heterocycles. The predicted molar refractivity (Wildman–Crippen MR) is 119 cm³/mol. The first-order valence-corrected chi connectivity index (χ1v) is 11.2. The lowest BCUT2D eigenvalue weighted by molar-refractivity contribution is -0.126. The van der Waals surface area contributed by atoms with Crippen LogP contribution in [0.4, 0.5) is 5.69 Å². The molecule has 1 heterocycles. The zero-order valence-corrected chi connectivity index (χ0v) is 19.0. The Morgan fingerprint density at radius 1 is 0.969 bits per heavy atom. The number of methoxy groups -OCH3 is 3. The summed E-state index contributed by atoms with van der Waals surface area (Å²) in [5.41, 5.74) is 0.864. The summed E-state index contributed by atoms with van der Waals surface area (Å²) in [6.07, 6.45) is 0.202. The molecular weight excluding hydrogens is 436 g/mol. The molecular formula is C22H24N2O7S. The summed E-state index contributed by atoms with van der Waals surface area (Å²) >= 11 is 0. The Morgan fingerprint density at radius 2 is 1.62 bits per heavy atom. The zero-order chi connectivity index (χ0) is 23.5. The Balaban J connectivity index is 1.85. The second-order valence-corrected chi connectivity index (χ2v) is 8.62. The van der Waals surface area contributed by atoms with Gasteiger partial charge in [0, 0.05) is 17.3 Å². The lowest BCUT2D eigenvalue weighted by Crippen LogP contribution is -2.38. The number of carbonyl (C=O) groups excluding carboxylic acids is 2. The fraction of sp³-hybridized carbons (Fsp3) is 0.273. The average Bonchev–Trinajstić information content (AvgIpc) is 2.98. The van der Waals surface area contributed by atoms with Crippen LogP contribution in [-0.4, -0.2) is 52.4 Å². The van der Waals surface area contributed by atoms with Crippen molar-refractivity contribution in [2.45, 2.75) is 13.3 Å². The molecule has 0 atom stereocenters. The third kappa shape index (κ3) is 4.26. The number of anilines is 1. The summed E-state index contributed by atoms with van der Waals surface area (Å²) in [4.78, 5) is 25.4. The van der Waals surface area contributed by atoms with Crippen LogP contribution in [0.5, 0.6) is 17.2 Å². The highest BCUT2D eigenvalue weighted by Gasteiger charge is 2.44. The number of rotatable bonds is 8. The van der Waals surface area contributed by atoms with E-state index in [2.05, 4.69) is 5.32 Å². The second-order valence-electron chi connectivity index (χ2n) is 6.82. The van der Waals surface area contributed by atoms with Crippen molar-refractivity contribution in [3.63, 3.8) is 0 Å². The molecule has 1 N–H and O–H groups in total. The molecule has 9 nitrogen and oxygen atoms in total. The maximum Gasteiger partial charge on any atom is 0.268 e. The number of nitrogens with one attached hydrogen (secondary N) is 1.